The van der Waals surface area contributed by atoms with E-state index in [9.17, 15) is 27.2 Å². The first-order valence-electron chi connectivity index (χ1n) is 10.9. The number of nitrogens with one attached hydrogen (secondary N) is 1. The van der Waals surface area contributed by atoms with Crippen molar-refractivity contribution in [2.45, 2.75) is 32.7 Å². The summed E-state index contributed by atoms with van der Waals surface area (Å²) in [5, 5.41) is 9.37. The summed E-state index contributed by atoms with van der Waals surface area (Å²) in [7, 11) is 0. The van der Waals surface area contributed by atoms with Crippen molar-refractivity contribution in [3.05, 3.63) is 64.7 Å². The van der Waals surface area contributed by atoms with Crippen LogP contribution in [0.5, 0.6) is 0 Å². The molecule has 0 bridgehead atoms. The summed E-state index contributed by atoms with van der Waals surface area (Å²) in [6, 6.07) is 6.74. The molecule has 0 saturated carbocycles. The number of carbonyl (C=O) groups excluding carboxylic acids is 2. The Balaban J connectivity index is 1.63. The summed E-state index contributed by atoms with van der Waals surface area (Å²) in [4.78, 5) is 29.2. The number of hydrogen-bond acceptors (Lipinski definition) is 6. The standard InChI is InChI=1S/C23H19ClF4N6O3/c1-3-37-23(36)14-10-30-34-15(7-8-29-21(14)34)12-5-4-6-13(9-12)31-22(35)11(2)33-18(20(27)28)16(24)17(32-33)19(25)26/h4-11,19-20H,3H2,1-2H3,(H,31,35). The Morgan fingerprint density at radius 1 is 1.16 bits per heavy atom. The Hall–Kier alpha value is -4.00. The van der Waals surface area contributed by atoms with Crippen molar-refractivity contribution in [2.75, 3.05) is 11.9 Å². The van der Waals surface area contributed by atoms with Crippen LogP contribution in [0.3, 0.4) is 0 Å². The molecule has 0 saturated heterocycles. The topological polar surface area (TPSA) is 103 Å². The fourth-order valence-electron chi connectivity index (χ4n) is 3.65. The highest BCUT2D eigenvalue weighted by Crippen LogP contribution is 2.36. The van der Waals surface area contributed by atoms with E-state index < -0.39 is 47.2 Å². The van der Waals surface area contributed by atoms with Crippen molar-refractivity contribution >= 4 is 34.8 Å². The molecule has 0 aliphatic heterocycles. The van der Waals surface area contributed by atoms with Crippen LogP contribution in [0.1, 0.15) is 54.5 Å². The average Bonchev–Trinajstić information content (AvgIpc) is 3.45. The maximum atomic E-state index is 13.5. The van der Waals surface area contributed by atoms with Gasteiger partial charge in [0.15, 0.2) is 5.65 Å². The maximum absolute atomic E-state index is 13.5. The molecule has 14 heteroatoms. The quantitative estimate of drug-likeness (QED) is 0.235. The molecule has 0 aliphatic carbocycles. The molecule has 0 aliphatic rings. The van der Waals surface area contributed by atoms with Crippen molar-refractivity contribution in [3.63, 3.8) is 0 Å². The first-order chi connectivity index (χ1) is 17.6. The van der Waals surface area contributed by atoms with Crippen LogP contribution in [-0.4, -0.2) is 42.9 Å². The molecular weight excluding hydrogens is 520 g/mol. The molecule has 0 radical (unpaired) electrons. The number of hydrogen-bond donors (Lipinski definition) is 1. The van der Waals surface area contributed by atoms with Gasteiger partial charge in [-0.25, -0.2) is 36.5 Å². The van der Waals surface area contributed by atoms with Gasteiger partial charge in [0.25, 0.3) is 12.9 Å². The summed E-state index contributed by atoms with van der Waals surface area (Å²) in [5.74, 6) is -1.36. The molecule has 0 fully saturated rings. The van der Waals surface area contributed by atoms with Gasteiger partial charge in [0.05, 0.1) is 23.5 Å². The van der Waals surface area contributed by atoms with Crippen molar-refractivity contribution in [3.8, 4) is 11.3 Å². The van der Waals surface area contributed by atoms with Crippen LogP contribution in [0.2, 0.25) is 5.02 Å². The summed E-state index contributed by atoms with van der Waals surface area (Å²) in [6.07, 6.45) is -3.60. The zero-order chi connectivity index (χ0) is 26.9. The Labute approximate surface area is 212 Å². The average molecular weight is 539 g/mol. The smallest absolute Gasteiger partial charge is 0.343 e. The molecule has 1 aromatic carbocycles. The molecule has 4 rings (SSSR count). The number of benzene rings is 1. The number of fused-ring (bicyclic) bond motifs is 1. The minimum absolute atomic E-state index is 0.179. The first-order valence-corrected chi connectivity index (χ1v) is 11.3. The Morgan fingerprint density at radius 2 is 1.92 bits per heavy atom. The molecule has 37 heavy (non-hydrogen) atoms. The van der Waals surface area contributed by atoms with Crippen molar-refractivity contribution in [1.29, 1.82) is 0 Å². The predicted molar refractivity (Wildman–Crippen MR) is 125 cm³/mol. The number of rotatable bonds is 8. The number of esters is 1. The van der Waals surface area contributed by atoms with Crippen LogP contribution in [0.25, 0.3) is 16.9 Å². The van der Waals surface area contributed by atoms with Crippen LogP contribution >= 0.6 is 11.6 Å². The second-order valence-corrected chi connectivity index (χ2v) is 8.10. The van der Waals surface area contributed by atoms with E-state index >= 15 is 0 Å². The van der Waals surface area contributed by atoms with E-state index in [0.717, 1.165) is 0 Å². The normalized spacial score (nSPS) is 12.4. The zero-order valence-corrected chi connectivity index (χ0v) is 20.1. The number of carbonyl (C=O) groups is 2. The SMILES string of the molecule is CCOC(=O)c1cnn2c(-c3cccc(NC(=O)C(C)n4nc(C(F)F)c(Cl)c4C(F)F)c3)ccnc12. The number of alkyl halides is 4. The number of halogens is 5. The summed E-state index contributed by atoms with van der Waals surface area (Å²) in [6.45, 7) is 3.09. The molecule has 1 N–H and O–H groups in total. The van der Waals surface area contributed by atoms with Gasteiger partial charge in [0.2, 0.25) is 5.91 Å². The molecule has 4 aromatic rings. The minimum atomic E-state index is -3.23. The molecule has 1 amide bonds. The van der Waals surface area contributed by atoms with Gasteiger partial charge in [-0.2, -0.15) is 10.2 Å². The molecule has 1 atom stereocenters. The van der Waals surface area contributed by atoms with Gasteiger partial charge < -0.3 is 10.1 Å². The fraction of sp³-hybridized carbons (Fsp3) is 0.261. The van der Waals surface area contributed by atoms with E-state index in [0.29, 0.717) is 15.9 Å². The van der Waals surface area contributed by atoms with Crippen molar-refractivity contribution in [2.24, 2.45) is 0 Å². The third-order valence-corrected chi connectivity index (χ3v) is 5.78. The summed E-state index contributed by atoms with van der Waals surface area (Å²) < 4.78 is 60.3. The zero-order valence-electron chi connectivity index (χ0n) is 19.3. The Kier molecular flexibility index (Phi) is 7.43. The number of anilines is 1. The second-order valence-electron chi connectivity index (χ2n) is 7.72. The summed E-state index contributed by atoms with van der Waals surface area (Å²) >= 11 is 5.69. The van der Waals surface area contributed by atoms with E-state index in [1.165, 1.54) is 23.8 Å². The molecule has 0 spiro atoms. The van der Waals surface area contributed by atoms with E-state index in [1.807, 2.05) is 0 Å². The highest BCUT2D eigenvalue weighted by atomic mass is 35.5. The maximum Gasteiger partial charge on any atom is 0.343 e. The molecular formula is C23H19ClF4N6O3. The second kappa shape index (κ2) is 10.5. The van der Waals surface area contributed by atoms with Crippen LogP contribution in [0, 0.1) is 0 Å². The third kappa shape index (κ3) is 4.99. The van der Waals surface area contributed by atoms with E-state index in [4.69, 9.17) is 16.3 Å². The van der Waals surface area contributed by atoms with Gasteiger partial charge in [-0.1, -0.05) is 23.7 Å². The van der Waals surface area contributed by atoms with Gasteiger partial charge in [0, 0.05) is 17.4 Å². The fourth-order valence-corrected chi connectivity index (χ4v) is 3.94. The lowest BCUT2D eigenvalue weighted by Gasteiger charge is -2.16. The Morgan fingerprint density at radius 3 is 2.59 bits per heavy atom. The van der Waals surface area contributed by atoms with E-state index in [-0.39, 0.29) is 23.5 Å². The lowest BCUT2D eigenvalue weighted by molar-refractivity contribution is -0.119. The highest BCUT2D eigenvalue weighted by molar-refractivity contribution is 6.32. The third-order valence-electron chi connectivity index (χ3n) is 5.39. The summed E-state index contributed by atoms with van der Waals surface area (Å²) in [5.41, 5.74) is -0.160. The molecule has 9 nitrogen and oxygen atoms in total. The molecule has 1 unspecified atom stereocenters. The minimum Gasteiger partial charge on any atom is -0.462 e. The van der Waals surface area contributed by atoms with Gasteiger partial charge in [-0.05, 0) is 32.0 Å². The first kappa shape index (κ1) is 26.1. The van der Waals surface area contributed by atoms with Crippen LogP contribution in [0.4, 0.5) is 23.2 Å². The van der Waals surface area contributed by atoms with Gasteiger partial charge >= 0.3 is 5.97 Å². The number of nitrogens with zero attached hydrogens (tertiary/aromatic N) is 5. The van der Waals surface area contributed by atoms with E-state index in [2.05, 4.69) is 20.5 Å². The van der Waals surface area contributed by atoms with Gasteiger partial charge in [-0.15, -0.1) is 0 Å². The van der Waals surface area contributed by atoms with Crippen molar-refractivity contribution in [1.82, 2.24) is 24.4 Å². The van der Waals surface area contributed by atoms with Gasteiger partial charge in [0.1, 0.15) is 23.0 Å². The molecule has 3 aromatic heterocycles. The lowest BCUT2D eigenvalue weighted by atomic mass is 10.1. The highest BCUT2D eigenvalue weighted by Gasteiger charge is 2.32. The van der Waals surface area contributed by atoms with Crippen LogP contribution in [0.15, 0.2) is 42.7 Å². The van der Waals surface area contributed by atoms with E-state index in [1.54, 1.807) is 37.3 Å². The predicted octanol–water partition coefficient (Wildman–Crippen LogP) is 5.50. The van der Waals surface area contributed by atoms with Crippen LogP contribution < -0.4 is 5.32 Å². The number of amides is 1. The lowest BCUT2D eigenvalue weighted by Crippen LogP contribution is -2.26. The Bertz CT molecular complexity index is 1470. The number of aromatic nitrogens is 5. The monoisotopic (exact) mass is 538 g/mol. The van der Waals surface area contributed by atoms with Gasteiger partial charge in [-0.3, -0.25) is 4.79 Å². The van der Waals surface area contributed by atoms with Crippen LogP contribution in [-0.2, 0) is 9.53 Å². The molecule has 3 heterocycles. The largest absolute Gasteiger partial charge is 0.462 e. The van der Waals surface area contributed by atoms with Crippen molar-refractivity contribution < 1.29 is 31.9 Å². The number of ether oxygens (including phenoxy) is 1. The molecule has 194 valence electrons.